The van der Waals surface area contributed by atoms with Crippen molar-refractivity contribution in [2.24, 2.45) is 11.7 Å². The lowest BCUT2D eigenvalue weighted by molar-refractivity contribution is -0.139. The van der Waals surface area contributed by atoms with Gasteiger partial charge in [-0.3, -0.25) is 0 Å². The number of benzene rings is 1. The highest BCUT2D eigenvalue weighted by molar-refractivity contribution is 7.89. The Bertz CT molecular complexity index is 621. The highest BCUT2D eigenvalue weighted by Crippen LogP contribution is 2.36. The van der Waals surface area contributed by atoms with Crippen LogP contribution in [-0.2, 0) is 16.2 Å². The number of nitrogens with two attached hydrogens (primary N) is 1. The Morgan fingerprint density at radius 2 is 1.77 bits per heavy atom. The first-order valence-corrected chi connectivity index (χ1v) is 8.50. The molecule has 2 N–H and O–H groups in total. The van der Waals surface area contributed by atoms with Gasteiger partial charge in [-0.05, 0) is 37.8 Å². The molecule has 0 aromatic heterocycles. The molecule has 0 aliphatic carbocycles. The van der Waals surface area contributed by atoms with Crippen molar-refractivity contribution in [1.29, 1.82) is 0 Å². The summed E-state index contributed by atoms with van der Waals surface area (Å²) in [5.74, 6) is 0.198. The van der Waals surface area contributed by atoms with E-state index in [1.54, 1.807) is 0 Å². The Hall–Kier alpha value is -1.12. The fourth-order valence-electron chi connectivity index (χ4n) is 2.71. The largest absolute Gasteiger partial charge is 0.417 e. The van der Waals surface area contributed by atoms with Gasteiger partial charge in [0.15, 0.2) is 0 Å². The lowest BCUT2D eigenvalue weighted by Crippen LogP contribution is -2.42. The molecule has 2 rings (SSSR count). The molecule has 0 saturated carbocycles. The van der Waals surface area contributed by atoms with E-state index in [0.717, 1.165) is 16.4 Å². The standard InChI is InChI=1S/C14H19F3N2O2S/c1-10(18)11-6-8-19(9-7-11)22(20,21)13-5-3-2-4-12(13)14(15,16)17/h2-5,10-11H,6-9,18H2,1H3. The number of piperidine rings is 1. The third-order valence-electron chi connectivity index (χ3n) is 4.05. The van der Waals surface area contributed by atoms with Crippen molar-refractivity contribution in [3.63, 3.8) is 0 Å². The molecule has 0 spiro atoms. The van der Waals surface area contributed by atoms with Gasteiger partial charge < -0.3 is 5.73 Å². The Morgan fingerprint density at radius 3 is 2.27 bits per heavy atom. The fourth-order valence-corrected chi connectivity index (χ4v) is 4.39. The summed E-state index contributed by atoms with van der Waals surface area (Å²) >= 11 is 0. The van der Waals surface area contributed by atoms with Crippen molar-refractivity contribution in [2.45, 2.75) is 36.9 Å². The summed E-state index contributed by atoms with van der Waals surface area (Å²) in [6.07, 6.45) is -3.58. The summed E-state index contributed by atoms with van der Waals surface area (Å²) in [5, 5.41) is 0. The quantitative estimate of drug-likeness (QED) is 0.922. The van der Waals surface area contributed by atoms with Crippen LogP contribution in [0, 0.1) is 5.92 Å². The summed E-state index contributed by atoms with van der Waals surface area (Å²) in [6.45, 7) is 2.25. The van der Waals surface area contributed by atoms with Crippen LogP contribution in [0.25, 0.3) is 0 Å². The van der Waals surface area contributed by atoms with Crippen molar-refractivity contribution in [3.05, 3.63) is 29.8 Å². The average molecular weight is 336 g/mol. The number of hydrogen-bond donors (Lipinski definition) is 1. The maximum atomic E-state index is 13.0. The van der Waals surface area contributed by atoms with Gasteiger partial charge in [-0.25, -0.2) is 8.42 Å². The van der Waals surface area contributed by atoms with E-state index in [9.17, 15) is 21.6 Å². The monoisotopic (exact) mass is 336 g/mol. The first kappa shape index (κ1) is 17.2. The molecule has 1 aromatic rings. The van der Waals surface area contributed by atoms with Crippen molar-refractivity contribution < 1.29 is 21.6 Å². The average Bonchev–Trinajstić information content (AvgIpc) is 2.46. The molecular weight excluding hydrogens is 317 g/mol. The topological polar surface area (TPSA) is 63.4 Å². The van der Waals surface area contributed by atoms with Crippen LogP contribution < -0.4 is 5.73 Å². The second-order valence-electron chi connectivity index (χ2n) is 5.59. The van der Waals surface area contributed by atoms with Crippen LogP contribution in [-0.4, -0.2) is 31.9 Å². The first-order chi connectivity index (χ1) is 10.1. The third kappa shape index (κ3) is 3.44. The molecule has 4 nitrogen and oxygen atoms in total. The molecule has 1 heterocycles. The zero-order valence-electron chi connectivity index (χ0n) is 12.2. The predicted octanol–water partition coefficient (Wildman–Crippen LogP) is 2.45. The van der Waals surface area contributed by atoms with E-state index in [-0.39, 0.29) is 25.0 Å². The van der Waals surface area contributed by atoms with Crippen molar-refractivity contribution in [3.8, 4) is 0 Å². The van der Waals surface area contributed by atoms with Crippen molar-refractivity contribution in [2.75, 3.05) is 13.1 Å². The van der Waals surface area contributed by atoms with E-state index in [2.05, 4.69) is 0 Å². The second kappa shape index (κ2) is 6.17. The lowest BCUT2D eigenvalue weighted by Gasteiger charge is -2.33. The van der Waals surface area contributed by atoms with Gasteiger partial charge in [0.2, 0.25) is 10.0 Å². The van der Waals surface area contributed by atoms with E-state index < -0.39 is 26.7 Å². The van der Waals surface area contributed by atoms with Gasteiger partial charge >= 0.3 is 6.18 Å². The van der Waals surface area contributed by atoms with Crippen LogP contribution in [0.1, 0.15) is 25.3 Å². The first-order valence-electron chi connectivity index (χ1n) is 7.06. The minimum atomic E-state index is -4.70. The maximum Gasteiger partial charge on any atom is 0.417 e. The van der Waals surface area contributed by atoms with E-state index in [4.69, 9.17) is 5.73 Å². The minimum absolute atomic E-state index is 0.0488. The van der Waals surface area contributed by atoms with E-state index in [1.165, 1.54) is 12.1 Å². The molecular formula is C14H19F3N2O2S. The van der Waals surface area contributed by atoms with E-state index in [1.807, 2.05) is 6.92 Å². The predicted molar refractivity (Wildman–Crippen MR) is 76.6 cm³/mol. The Balaban J connectivity index is 2.30. The molecule has 1 aliphatic rings. The second-order valence-corrected chi connectivity index (χ2v) is 7.50. The van der Waals surface area contributed by atoms with Gasteiger partial charge in [0.25, 0.3) is 0 Å². The number of rotatable bonds is 3. The third-order valence-corrected chi connectivity index (χ3v) is 6.01. The van der Waals surface area contributed by atoms with Crippen molar-refractivity contribution in [1.82, 2.24) is 4.31 Å². The smallest absolute Gasteiger partial charge is 0.328 e. The fraction of sp³-hybridized carbons (Fsp3) is 0.571. The molecule has 1 unspecified atom stereocenters. The zero-order valence-corrected chi connectivity index (χ0v) is 13.0. The van der Waals surface area contributed by atoms with Gasteiger partial charge in [-0.15, -0.1) is 0 Å². The molecule has 0 radical (unpaired) electrons. The van der Waals surface area contributed by atoms with Crippen LogP contribution in [0.4, 0.5) is 13.2 Å². The van der Waals surface area contributed by atoms with E-state index in [0.29, 0.717) is 12.8 Å². The molecule has 8 heteroatoms. The van der Waals surface area contributed by atoms with Gasteiger partial charge in [0, 0.05) is 19.1 Å². The van der Waals surface area contributed by atoms with Crippen LogP contribution in [0.3, 0.4) is 0 Å². The molecule has 0 bridgehead atoms. The Kier molecular flexibility index (Phi) is 4.84. The Morgan fingerprint density at radius 1 is 1.23 bits per heavy atom. The van der Waals surface area contributed by atoms with Crippen LogP contribution in [0.2, 0.25) is 0 Å². The van der Waals surface area contributed by atoms with Crippen molar-refractivity contribution >= 4 is 10.0 Å². The highest BCUT2D eigenvalue weighted by Gasteiger charge is 2.39. The maximum absolute atomic E-state index is 13.0. The number of hydrogen-bond acceptors (Lipinski definition) is 3. The van der Waals surface area contributed by atoms with Gasteiger partial charge in [-0.2, -0.15) is 17.5 Å². The summed E-state index contributed by atoms with van der Waals surface area (Å²) in [7, 11) is -4.15. The normalized spacial score (nSPS) is 20.0. The zero-order chi connectivity index (χ0) is 16.5. The summed E-state index contributed by atoms with van der Waals surface area (Å²) in [5.41, 5.74) is 4.68. The number of sulfonamides is 1. The number of nitrogens with zero attached hydrogens (tertiary/aromatic N) is 1. The minimum Gasteiger partial charge on any atom is -0.328 e. The molecule has 22 heavy (non-hydrogen) atoms. The van der Waals surface area contributed by atoms with Gasteiger partial charge in [0.05, 0.1) is 10.5 Å². The molecule has 0 amide bonds. The molecule has 1 aliphatic heterocycles. The lowest BCUT2D eigenvalue weighted by atomic mass is 9.92. The highest BCUT2D eigenvalue weighted by atomic mass is 32.2. The summed E-state index contributed by atoms with van der Waals surface area (Å²) < 4.78 is 65.2. The number of alkyl halides is 3. The molecule has 1 atom stereocenters. The van der Waals surface area contributed by atoms with Crippen LogP contribution in [0.5, 0.6) is 0 Å². The SMILES string of the molecule is CC(N)C1CCN(S(=O)(=O)c2ccccc2C(F)(F)F)CC1. The molecule has 1 aromatic carbocycles. The summed E-state index contributed by atoms with van der Waals surface area (Å²) in [6, 6.07) is 4.24. The molecule has 1 fully saturated rings. The number of halogens is 3. The summed E-state index contributed by atoms with van der Waals surface area (Å²) in [4.78, 5) is -0.679. The van der Waals surface area contributed by atoms with Crippen LogP contribution in [0.15, 0.2) is 29.2 Å². The van der Waals surface area contributed by atoms with E-state index >= 15 is 0 Å². The van der Waals surface area contributed by atoms with Gasteiger partial charge in [-0.1, -0.05) is 12.1 Å². The van der Waals surface area contributed by atoms with Crippen LogP contribution >= 0.6 is 0 Å². The Labute approximate surface area is 128 Å². The van der Waals surface area contributed by atoms with Gasteiger partial charge in [0.1, 0.15) is 0 Å². The molecule has 124 valence electrons. The molecule has 1 saturated heterocycles.